The number of nitrogens with zero attached hydrogens (tertiary/aromatic N) is 1. The average molecular weight is 364 g/mol. The van der Waals surface area contributed by atoms with Crippen LogP contribution in [-0.2, 0) is 16.0 Å². The summed E-state index contributed by atoms with van der Waals surface area (Å²) in [5.74, 6) is 0.453. The third-order valence-corrected chi connectivity index (χ3v) is 4.94. The summed E-state index contributed by atoms with van der Waals surface area (Å²) < 4.78 is 5.67. The molecule has 0 radical (unpaired) electrons. The Morgan fingerprint density at radius 2 is 1.89 bits per heavy atom. The summed E-state index contributed by atoms with van der Waals surface area (Å²) in [4.78, 5) is 37.9. The van der Waals surface area contributed by atoms with E-state index < -0.39 is 0 Å². The van der Waals surface area contributed by atoms with E-state index in [9.17, 15) is 14.4 Å². The summed E-state index contributed by atoms with van der Waals surface area (Å²) in [6.07, 6.45) is 2.48. The molecule has 1 N–H and O–H groups in total. The Balaban J connectivity index is 1.44. The number of anilines is 2. The highest BCUT2D eigenvalue weighted by Gasteiger charge is 2.25. The molecule has 1 saturated heterocycles. The molecule has 4 rings (SSSR count). The number of para-hydroxylation sites is 2. The lowest BCUT2D eigenvalue weighted by Gasteiger charge is -2.20. The molecule has 2 aromatic carbocycles. The van der Waals surface area contributed by atoms with Crippen LogP contribution in [-0.4, -0.2) is 30.7 Å². The maximum atomic E-state index is 12.4. The maximum absolute atomic E-state index is 12.4. The maximum Gasteiger partial charge on any atom is 0.262 e. The fourth-order valence-electron chi connectivity index (χ4n) is 3.64. The fourth-order valence-corrected chi connectivity index (χ4v) is 3.64. The Morgan fingerprint density at radius 1 is 1.04 bits per heavy atom. The van der Waals surface area contributed by atoms with Crippen LogP contribution in [0.1, 0.15) is 35.2 Å². The molecule has 27 heavy (non-hydrogen) atoms. The van der Waals surface area contributed by atoms with Crippen molar-refractivity contribution in [1.82, 2.24) is 0 Å². The number of carbonyl (C=O) groups excluding carboxylic acids is 3. The van der Waals surface area contributed by atoms with Gasteiger partial charge in [-0.2, -0.15) is 0 Å². The standard InChI is InChI=1S/C21H20N2O4/c24-18-11-10-15-14(18)5-3-8-19(15)27-13-20(25)22-16-6-1-2-7-17(16)23-12-4-9-21(23)26/h1-3,5-8H,4,9-13H2,(H,22,25). The molecule has 1 aliphatic heterocycles. The van der Waals surface area contributed by atoms with Crippen molar-refractivity contribution in [2.75, 3.05) is 23.4 Å². The highest BCUT2D eigenvalue weighted by atomic mass is 16.5. The number of nitrogens with one attached hydrogen (secondary N) is 1. The molecule has 2 aromatic rings. The van der Waals surface area contributed by atoms with E-state index in [1.54, 1.807) is 29.2 Å². The molecule has 0 bridgehead atoms. The summed E-state index contributed by atoms with van der Waals surface area (Å²) in [6.45, 7) is 0.499. The number of fused-ring (bicyclic) bond motifs is 1. The molecule has 1 fully saturated rings. The Bertz CT molecular complexity index is 922. The van der Waals surface area contributed by atoms with Gasteiger partial charge in [0.25, 0.3) is 5.91 Å². The Labute approximate surface area is 157 Å². The fraction of sp³-hybridized carbons (Fsp3) is 0.286. The smallest absolute Gasteiger partial charge is 0.262 e. The molecule has 1 aliphatic carbocycles. The van der Waals surface area contributed by atoms with Crippen molar-refractivity contribution in [1.29, 1.82) is 0 Å². The lowest BCUT2D eigenvalue weighted by Crippen LogP contribution is -2.27. The van der Waals surface area contributed by atoms with Crippen molar-refractivity contribution in [3.8, 4) is 5.75 Å². The van der Waals surface area contributed by atoms with Crippen LogP contribution in [0.5, 0.6) is 5.75 Å². The molecule has 6 heteroatoms. The lowest BCUT2D eigenvalue weighted by molar-refractivity contribution is -0.118. The second kappa shape index (κ2) is 7.23. The van der Waals surface area contributed by atoms with Gasteiger partial charge in [0.05, 0.1) is 11.4 Å². The van der Waals surface area contributed by atoms with Crippen molar-refractivity contribution in [2.24, 2.45) is 0 Å². The van der Waals surface area contributed by atoms with Gasteiger partial charge < -0.3 is 15.0 Å². The van der Waals surface area contributed by atoms with Crippen LogP contribution in [0.3, 0.4) is 0 Å². The first-order chi connectivity index (χ1) is 13.1. The summed E-state index contributed by atoms with van der Waals surface area (Å²) in [5.41, 5.74) is 2.86. The van der Waals surface area contributed by atoms with Crippen LogP contribution in [0.2, 0.25) is 0 Å². The molecule has 0 saturated carbocycles. The Hall–Kier alpha value is -3.15. The van der Waals surface area contributed by atoms with Gasteiger partial charge in [0.15, 0.2) is 12.4 Å². The number of amides is 2. The number of benzene rings is 2. The SMILES string of the molecule is O=C(COc1cccc2c1CCC2=O)Nc1ccccc1N1CCCC1=O. The number of Topliss-reactive ketones (excluding diaryl/α,β-unsaturated/α-hetero) is 1. The van der Waals surface area contributed by atoms with Gasteiger partial charge in [-0.25, -0.2) is 0 Å². The Kier molecular flexibility index (Phi) is 4.62. The molecule has 6 nitrogen and oxygen atoms in total. The molecule has 0 spiro atoms. The molecule has 138 valence electrons. The van der Waals surface area contributed by atoms with Gasteiger partial charge in [-0.1, -0.05) is 24.3 Å². The quantitative estimate of drug-likeness (QED) is 0.885. The van der Waals surface area contributed by atoms with Gasteiger partial charge in [0, 0.05) is 30.5 Å². The Morgan fingerprint density at radius 3 is 2.70 bits per heavy atom. The van der Waals surface area contributed by atoms with E-state index in [1.165, 1.54) is 0 Å². The third kappa shape index (κ3) is 3.43. The van der Waals surface area contributed by atoms with Gasteiger partial charge in [-0.3, -0.25) is 14.4 Å². The topological polar surface area (TPSA) is 75.7 Å². The van der Waals surface area contributed by atoms with Crippen LogP contribution in [0.4, 0.5) is 11.4 Å². The number of ether oxygens (including phenoxy) is 1. The normalized spacial score (nSPS) is 15.8. The first kappa shape index (κ1) is 17.3. The summed E-state index contributed by atoms with van der Waals surface area (Å²) in [7, 11) is 0. The average Bonchev–Trinajstić information content (AvgIpc) is 3.27. The van der Waals surface area contributed by atoms with Crippen molar-refractivity contribution < 1.29 is 19.1 Å². The molecule has 0 aromatic heterocycles. The second-order valence-corrected chi connectivity index (χ2v) is 6.71. The van der Waals surface area contributed by atoms with Crippen LogP contribution in [0.15, 0.2) is 42.5 Å². The van der Waals surface area contributed by atoms with Crippen molar-refractivity contribution in [2.45, 2.75) is 25.7 Å². The highest BCUT2D eigenvalue weighted by Crippen LogP contribution is 2.31. The predicted octanol–water partition coefficient (Wildman–Crippen LogP) is 2.96. The van der Waals surface area contributed by atoms with Gasteiger partial charge in [-0.15, -0.1) is 0 Å². The van der Waals surface area contributed by atoms with Gasteiger partial charge in [0.2, 0.25) is 5.91 Å². The first-order valence-electron chi connectivity index (χ1n) is 9.10. The van der Waals surface area contributed by atoms with E-state index in [-0.39, 0.29) is 24.2 Å². The minimum absolute atomic E-state index is 0.0671. The van der Waals surface area contributed by atoms with E-state index in [1.807, 2.05) is 18.2 Å². The lowest BCUT2D eigenvalue weighted by atomic mass is 10.1. The number of hydrogen-bond donors (Lipinski definition) is 1. The number of rotatable bonds is 5. The van der Waals surface area contributed by atoms with Crippen LogP contribution in [0, 0.1) is 0 Å². The molecule has 1 heterocycles. The highest BCUT2D eigenvalue weighted by molar-refractivity contribution is 6.03. The summed E-state index contributed by atoms with van der Waals surface area (Å²) >= 11 is 0. The molecule has 0 atom stereocenters. The zero-order valence-electron chi connectivity index (χ0n) is 14.9. The first-order valence-corrected chi connectivity index (χ1v) is 9.10. The number of carbonyl (C=O) groups is 3. The monoisotopic (exact) mass is 364 g/mol. The molecule has 2 amide bonds. The zero-order chi connectivity index (χ0) is 18.8. The van der Waals surface area contributed by atoms with Crippen LogP contribution in [0.25, 0.3) is 0 Å². The summed E-state index contributed by atoms with van der Waals surface area (Å²) in [6, 6.07) is 12.6. The van der Waals surface area contributed by atoms with Crippen molar-refractivity contribution >= 4 is 29.0 Å². The third-order valence-electron chi connectivity index (χ3n) is 4.94. The largest absolute Gasteiger partial charge is 0.483 e. The van der Waals surface area contributed by atoms with E-state index in [2.05, 4.69) is 5.32 Å². The minimum atomic E-state index is -0.309. The molecule has 0 unspecified atom stereocenters. The molecular formula is C21H20N2O4. The van der Waals surface area contributed by atoms with E-state index in [0.717, 1.165) is 12.0 Å². The molecule has 2 aliphatic rings. The number of ketones is 1. The van der Waals surface area contributed by atoms with E-state index >= 15 is 0 Å². The van der Waals surface area contributed by atoms with Crippen LogP contribution >= 0.6 is 0 Å². The van der Waals surface area contributed by atoms with Crippen molar-refractivity contribution in [3.05, 3.63) is 53.6 Å². The number of hydrogen-bond acceptors (Lipinski definition) is 4. The minimum Gasteiger partial charge on any atom is -0.483 e. The second-order valence-electron chi connectivity index (χ2n) is 6.71. The zero-order valence-corrected chi connectivity index (χ0v) is 14.9. The van der Waals surface area contributed by atoms with Gasteiger partial charge in [-0.05, 0) is 31.0 Å². The van der Waals surface area contributed by atoms with Crippen molar-refractivity contribution in [3.63, 3.8) is 0 Å². The predicted molar refractivity (Wildman–Crippen MR) is 101 cm³/mol. The van der Waals surface area contributed by atoms with Crippen LogP contribution < -0.4 is 15.0 Å². The van der Waals surface area contributed by atoms with Gasteiger partial charge >= 0.3 is 0 Å². The van der Waals surface area contributed by atoms with E-state index in [0.29, 0.717) is 48.5 Å². The van der Waals surface area contributed by atoms with Gasteiger partial charge in [0.1, 0.15) is 5.75 Å². The molecular weight excluding hydrogens is 344 g/mol. The summed E-state index contributed by atoms with van der Waals surface area (Å²) in [5, 5.41) is 2.83. The van der Waals surface area contributed by atoms with E-state index in [4.69, 9.17) is 4.74 Å².